The third kappa shape index (κ3) is 3.35. The molecule has 3 N–H and O–H groups in total. The van der Waals surface area contributed by atoms with Crippen LogP contribution in [0.4, 0.5) is 0 Å². The molecule has 112 valence electrons. The van der Waals surface area contributed by atoms with Gasteiger partial charge in [0.05, 0.1) is 13.2 Å². The normalized spacial score (nSPS) is 34.1. The summed E-state index contributed by atoms with van der Waals surface area (Å²) in [7, 11) is 1.42. The summed E-state index contributed by atoms with van der Waals surface area (Å²) in [6.07, 6.45) is -4.94. The second-order valence-corrected chi connectivity index (χ2v) is 4.70. The summed E-state index contributed by atoms with van der Waals surface area (Å²) in [5.41, 5.74) is 0.938. The van der Waals surface area contributed by atoms with Gasteiger partial charge in [0, 0.05) is 7.11 Å². The van der Waals surface area contributed by atoms with Gasteiger partial charge in [-0.15, -0.1) is 0 Å². The number of hydrogen-bond donors (Lipinski definition) is 3. The van der Waals surface area contributed by atoms with Crippen LogP contribution in [0.1, 0.15) is 5.56 Å². The highest BCUT2D eigenvalue weighted by Gasteiger charge is 2.45. The number of ether oxygens (including phenoxy) is 3. The summed E-state index contributed by atoms with van der Waals surface area (Å²) in [4.78, 5) is 0. The lowest BCUT2D eigenvalue weighted by molar-refractivity contribution is -0.305. The van der Waals surface area contributed by atoms with E-state index in [0.29, 0.717) is 0 Å². The number of benzene rings is 1. The van der Waals surface area contributed by atoms with E-state index in [2.05, 4.69) is 0 Å². The van der Waals surface area contributed by atoms with Gasteiger partial charge < -0.3 is 29.5 Å². The lowest BCUT2D eigenvalue weighted by Gasteiger charge is -2.41. The van der Waals surface area contributed by atoms with Crippen molar-refractivity contribution in [2.45, 2.75) is 37.3 Å². The maximum absolute atomic E-state index is 10.1. The highest BCUT2D eigenvalue weighted by Crippen LogP contribution is 2.24. The first-order chi connectivity index (χ1) is 9.67. The van der Waals surface area contributed by atoms with Crippen molar-refractivity contribution in [3.63, 3.8) is 0 Å². The van der Waals surface area contributed by atoms with E-state index in [9.17, 15) is 10.2 Å². The van der Waals surface area contributed by atoms with Crippen LogP contribution in [0.5, 0.6) is 0 Å². The van der Waals surface area contributed by atoms with Crippen molar-refractivity contribution in [2.24, 2.45) is 0 Å². The van der Waals surface area contributed by atoms with Crippen LogP contribution in [-0.2, 0) is 20.8 Å². The molecule has 1 aromatic carbocycles. The highest BCUT2D eigenvalue weighted by molar-refractivity contribution is 5.13. The molecule has 0 aromatic heterocycles. The van der Waals surface area contributed by atoms with Crippen LogP contribution >= 0.6 is 0 Å². The predicted octanol–water partition coefficient (Wildman–Crippen LogP) is -0.343. The largest absolute Gasteiger partial charge is 0.394 e. The first kappa shape index (κ1) is 15.4. The summed E-state index contributed by atoms with van der Waals surface area (Å²) in [5.74, 6) is 0. The molecule has 0 amide bonds. The molecule has 0 bridgehead atoms. The third-order valence-corrected chi connectivity index (χ3v) is 3.34. The molecule has 2 rings (SSSR count). The van der Waals surface area contributed by atoms with E-state index >= 15 is 0 Å². The maximum Gasteiger partial charge on any atom is 0.186 e. The van der Waals surface area contributed by atoms with Crippen molar-refractivity contribution in [3.05, 3.63) is 35.9 Å². The van der Waals surface area contributed by atoms with Gasteiger partial charge in [-0.25, -0.2) is 0 Å². The molecule has 1 aromatic rings. The van der Waals surface area contributed by atoms with Gasteiger partial charge >= 0.3 is 0 Å². The molecule has 20 heavy (non-hydrogen) atoms. The summed E-state index contributed by atoms with van der Waals surface area (Å²) in [6, 6.07) is 9.46. The number of aliphatic hydroxyl groups is 3. The first-order valence-corrected chi connectivity index (χ1v) is 6.48. The van der Waals surface area contributed by atoms with Gasteiger partial charge in [0.15, 0.2) is 6.29 Å². The Labute approximate surface area is 117 Å². The van der Waals surface area contributed by atoms with Crippen molar-refractivity contribution in [1.82, 2.24) is 0 Å². The highest BCUT2D eigenvalue weighted by atomic mass is 16.7. The number of aliphatic hydroxyl groups excluding tert-OH is 3. The average molecular weight is 284 g/mol. The molecule has 0 radical (unpaired) electrons. The molecule has 1 aliphatic heterocycles. The SMILES string of the molecule is CO[C@@H]1O[C@H](CO)[C@@H](O)[C@H](O)[C@H]1OCc1ccccc1. The quantitative estimate of drug-likeness (QED) is 0.685. The van der Waals surface area contributed by atoms with Gasteiger partial charge in [-0.3, -0.25) is 0 Å². The topological polar surface area (TPSA) is 88.4 Å². The molecule has 0 spiro atoms. The van der Waals surface area contributed by atoms with E-state index in [4.69, 9.17) is 19.3 Å². The monoisotopic (exact) mass is 284 g/mol. The molecule has 6 nitrogen and oxygen atoms in total. The zero-order valence-electron chi connectivity index (χ0n) is 11.3. The summed E-state index contributed by atoms with van der Waals surface area (Å²) in [6.45, 7) is -0.133. The second kappa shape index (κ2) is 7.12. The van der Waals surface area contributed by atoms with E-state index < -0.39 is 37.3 Å². The molecular formula is C14H20O6. The minimum atomic E-state index is -1.22. The molecule has 0 saturated carbocycles. The van der Waals surface area contributed by atoms with E-state index in [1.807, 2.05) is 30.3 Å². The molecule has 0 aliphatic carbocycles. The van der Waals surface area contributed by atoms with Crippen molar-refractivity contribution >= 4 is 0 Å². The zero-order valence-corrected chi connectivity index (χ0v) is 11.3. The van der Waals surface area contributed by atoms with Crippen LogP contribution in [0.2, 0.25) is 0 Å². The number of methoxy groups -OCH3 is 1. The van der Waals surface area contributed by atoms with E-state index in [1.54, 1.807) is 0 Å². The van der Waals surface area contributed by atoms with Crippen LogP contribution in [0.3, 0.4) is 0 Å². The van der Waals surface area contributed by atoms with E-state index in [-0.39, 0.29) is 6.61 Å². The van der Waals surface area contributed by atoms with Gasteiger partial charge in [-0.2, -0.15) is 0 Å². The van der Waals surface area contributed by atoms with Crippen LogP contribution in [0, 0.1) is 0 Å². The van der Waals surface area contributed by atoms with Gasteiger partial charge in [0.2, 0.25) is 0 Å². The standard InChI is InChI=1S/C14H20O6/c1-18-14-13(12(17)11(16)10(7-15)20-14)19-8-9-5-3-2-4-6-9/h2-6,10-17H,7-8H2,1H3/t10-,11-,12+,13-,14-/m1/s1. The molecule has 5 atom stereocenters. The molecule has 1 saturated heterocycles. The third-order valence-electron chi connectivity index (χ3n) is 3.34. The molecule has 1 aliphatic rings. The summed E-state index contributed by atoms with van der Waals surface area (Å²) >= 11 is 0. The summed E-state index contributed by atoms with van der Waals surface area (Å²) in [5, 5.41) is 29.0. The Morgan fingerprint density at radius 1 is 1.15 bits per heavy atom. The Morgan fingerprint density at radius 3 is 2.45 bits per heavy atom. The minimum absolute atomic E-state index is 0.266. The van der Waals surface area contributed by atoms with Crippen molar-refractivity contribution in [3.8, 4) is 0 Å². The molecule has 1 heterocycles. The molecule has 6 heteroatoms. The Morgan fingerprint density at radius 2 is 1.85 bits per heavy atom. The van der Waals surface area contributed by atoms with E-state index in [1.165, 1.54) is 7.11 Å². The Hall–Kier alpha value is -1.02. The molecule has 1 fully saturated rings. The lowest BCUT2D eigenvalue weighted by Crippen LogP contribution is -2.59. The van der Waals surface area contributed by atoms with Crippen molar-refractivity contribution in [1.29, 1.82) is 0 Å². The average Bonchev–Trinajstić information content (AvgIpc) is 2.49. The Kier molecular flexibility index (Phi) is 5.47. The molecule has 0 unspecified atom stereocenters. The predicted molar refractivity (Wildman–Crippen MR) is 69.8 cm³/mol. The van der Waals surface area contributed by atoms with Gasteiger partial charge in [0.25, 0.3) is 0 Å². The Balaban J connectivity index is 2.01. The van der Waals surface area contributed by atoms with Gasteiger partial charge in [0.1, 0.15) is 24.4 Å². The second-order valence-electron chi connectivity index (χ2n) is 4.70. The maximum atomic E-state index is 10.1. The smallest absolute Gasteiger partial charge is 0.186 e. The first-order valence-electron chi connectivity index (χ1n) is 6.48. The Bertz CT molecular complexity index is 396. The van der Waals surface area contributed by atoms with Gasteiger partial charge in [-0.1, -0.05) is 30.3 Å². The zero-order chi connectivity index (χ0) is 14.5. The fourth-order valence-corrected chi connectivity index (χ4v) is 2.19. The number of rotatable bonds is 5. The lowest BCUT2D eigenvalue weighted by atomic mass is 9.99. The van der Waals surface area contributed by atoms with Crippen LogP contribution < -0.4 is 0 Å². The van der Waals surface area contributed by atoms with Gasteiger partial charge in [-0.05, 0) is 5.56 Å². The fraction of sp³-hybridized carbons (Fsp3) is 0.571. The van der Waals surface area contributed by atoms with Crippen LogP contribution in [0.15, 0.2) is 30.3 Å². The number of hydrogen-bond acceptors (Lipinski definition) is 6. The van der Waals surface area contributed by atoms with Crippen LogP contribution in [-0.4, -0.2) is 59.7 Å². The fourth-order valence-electron chi connectivity index (χ4n) is 2.19. The van der Waals surface area contributed by atoms with Crippen LogP contribution in [0.25, 0.3) is 0 Å². The summed E-state index contributed by atoms with van der Waals surface area (Å²) < 4.78 is 16.1. The minimum Gasteiger partial charge on any atom is -0.394 e. The molecular weight excluding hydrogens is 264 g/mol. The van der Waals surface area contributed by atoms with Crippen molar-refractivity contribution < 1.29 is 29.5 Å². The van der Waals surface area contributed by atoms with E-state index in [0.717, 1.165) is 5.56 Å². The van der Waals surface area contributed by atoms with Crippen molar-refractivity contribution in [2.75, 3.05) is 13.7 Å².